The first kappa shape index (κ1) is 18.2. The molecule has 2 aliphatic heterocycles. The number of amides is 1. The van der Waals surface area contributed by atoms with Crippen LogP contribution in [0.15, 0.2) is 24.3 Å². The molecule has 0 saturated carbocycles. The zero-order valence-electron chi connectivity index (χ0n) is 15.8. The Bertz CT molecular complexity index is 584. The van der Waals surface area contributed by atoms with Crippen LogP contribution in [-0.2, 0) is 4.79 Å². The van der Waals surface area contributed by atoms with Crippen LogP contribution < -0.4 is 4.74 Å². The van der Waals surface area contributed by atoms with Gasteiger partial charge in [-0.3, -0.25) is 9.69 Å². The molecule has 25 heavy (non-hydrogen) atoms. The molecule has 0 bridgehead atoms. The largest absolute Gasteiger partial charge is 0.496 e. The van der Waals surface area contributed by atoms with E-state index in [2.05, 4.69) is 40.8 Å². The van der Waals surface area contributed by atoms with Crippen LogP contribution in [-0.4, -0.2) is 74.0 Å². The van der Waals surface area contributed by atoms with E-state index in [9.17, 15) is 4.79 Å². The number of rotatable bonds is 4. The fourth-order valence-electron chi connectivity index (χ4n) is 4.16. The minimum Gasteiger partial charge on any atom is -0.496 e. The van der Waals surface area contributed by atoms with Gasteiger partial charge in [0, 0.05) is 44.3 Å². The Kier molecular flexibility index (Phi) is 5.97. The summed E-state index contributed by atoms with van der Waals surface area (Å²) in [6.45, 7) is 7.77. The molecule has 0 spiro atoms. The number of hydrogen-bond acceptors (Lipinski definition) is 4. The third-order valence-electron chi connectivity index (χ3n) is 5.74. The molecule has 5 heteroatoms. The predicted octanol–water partition coefficient (Wildman–Crippen LogP) is 2.24. The van der Waals surface area contributed by atoms with Crippen LogP contribution in [0.2, 0.25) is 0 Å². The lowest BCUT2D eigenvalue weighted by Gasteiger charge is -2.40. The van der Waals surface area contributed by atoms with Crippen molar-refractivity contribution in [1.82, 2.24) is 14.7 Å². The van der Waals surface area contributed by atoms with Gasteiger partial charge in [0.25, 0.3) is 0 Å². The van der Waals surface area contributed by atoms with Crippen molar-refractivity contribution in [2.24, 2.45) is 5.92 Å². The summed E-state index contributed by atoms with van der Waals surface area (Å²) in [5.74, 6) is 1.49. The van der Waals surface area contributed by atoms with Gasteiger partial charge in [-0.1, -0.05) is 18.2 Å². The lowest BCUT2D eigenvalue weighted by molar-refractivity contribution is -0.139. The fraction of sp³-hybridized carbons (Fsp3) is 0.650. The van der Waals surface area contributed by atoms with Crippen LogP contribution in [0.4, 0.5) is 0 Å². The topological polar surface area (TPSA) is 36.0 Å². The van der Waals surface area contributed by atoms with E-state index in [1.54, 1.807) is 7.11 Å². The second kappa shape index (κ2) is 8.19. The Morgan fingerprint density at radius 1 is 1.16 bits per heavy atom. The Morgan fingerprint density at radius 2 is 1.88 bits per heavy atom. The molecule has 1 aromatic rings. The van der Waals surface area contributed by atoms with Crippen molar-refractivity contribution in [1.29, 1.82) is 0 Å². The van der Waals surface area contributed by atoms with Gasteiger partial charge >= 0.3 is 0 Å². The minimum atomic E-state index is 0.192. The van der Waals surface area contributed by atoms with Crippen molar-refractivity contribution in [2.45, 2.75) is 25.8 Å². The molecular weight excluding hydrogens is 314 g/mol. The lowest BCUT2D eigenvalue weighted by atomic mass is 9.96. The number of ether oxygens (including phenoxy) is 1. The highest BCUT2D eigenvalue weighted by Gasteiger charge is 2.31. The van der Waals surface area contributed by atoms with Gasteiger partial charge in [-0.2, -0.15) is 0 Å². The van der Waals surface area contributed by atoms with Crippen LogP contribution in [0.5, 0.6) is 5.75 Å². The summed E-state index contributed by atoms with van der Waals surface area (Å²) in [6.07, 6.45) is 2.18. The molecule has 0 radical (unpaired) electrons. The average Bonchev–Trinajstić information content (AvgIpc) is 2.67. The van der Waals surface area contributed by atoms with E-state index in [1.807, 2.05) is 12.1 Å². The van der Waals surface area contributed by atoms with Crippen LogP contribution in [0.3, 0.4) is 0 Å². The summed E-state index contributed by atoms with van der Waals surface area (Å²) >= 11 is 0. The number of benzene rings is 1. The standard InChI is InChI=1S/C20H31N3O2/c1-16(18-8-4-5-9-19(18)25-3)22-11-13-23(14-12-22)20(24)17-7-6-10-21(2)15-17/h4-5,8-9,16-17H,6-7,10-15H2,1-3H3. The van der Waals surface area contributed by atoms with Gasteiger partial charge in [0.2, 0.25) is 5.91 Å². The maximum atomic E-state index is 12.8. The summed E-state index contributed by atoms with van der Waals surface area (Å²) in [5, 5.41) is 0. The van der Waals surface area contributed by atoms with E-state index in [0.717, 1.165) is 57.9 Å². The van der Waals surface area contributed by atoms with Gasteiger partial charge in [-0.05, 0) is 39.4 Å². The first-order valence-electron chi connectivity index (χ1n) is 9.44. The van der Waals surface area contributed by atoms with E-state index in [0.29, 0.717) is 11.9 Å². The molecule has 138 valence electrons. The third-order valence-corrected chi connectivity index (χ3v) is 5.74. The molecule has 0 aliphatic carbocycles. The number of piperidine rings is 1. The highest BCUT2D eigenvalue weighted by Crippen LogP contribution is 2.29. The zero-order valence-corrected chi connectivity index (χ0v) is 15.8. The monoisotopic (exact) mass is 345 g/mol. The molecule has 0 N–H and O–H groups in total. The average molecular weight is 345 g/mol. The Morgan fingerprint density at radius 3 is 2.56 bits per heavy atom. The second-order valence-corrected chi connectivity index (χ2v) is 7.38. The molecule has 5 nitrogen and oxygen atoms in total. The van der Waals surface area contributed by atoms with Crippen molar-refractivity contribution < 1.29 is 9.53 Å². The molecule has 3 rings (SSSR count). The van der Waals surface area contributed by atoms with Gasteiger partial charge in [-0.15, -0.1) is 0 Å². The Hall–Kier alpha value is -1.59. The van der Waals surface area contributed by atoms with E-state index in [4.69, 9.17) is 4.74 Å². The fourth-order valence-corrected chi connectivity index (χ4v) is 4.16. The number of likely N-dealkylation sites (tertiary alicyclic amines) is 1. The molecule has 2 heterocycles. The van der Waals surface area contributed by atoms with Crippen molar-refractivity contribution in [3.05, 3.63) is 29.8 Å². The number of methoxy groups -OCH3 is 1. The maximum Gasteiger partial charge on any atom is 0.227 e. The van der Waals surface area contributed by atoms with Gasteiger partial charge in [0.1, 0.15) is 5.75 Å². The number of carbonyl (C=O) groups excluding carboxylic acids is 1. The first-order valence-corrected chi connectivity index (χ1v) is 9.44. The lowest BCUT2D eigenvalue weighted by Crippen LogP contribution is -2.52. The second-order valence-electron chi connectivity index (χ2n) is 7.38. The number of piperazine rings is 1. The van der Waals surface area contributed by atoms with Crippen LogP contribution >= 0.6 is 0 Å². The number of para-hydroxylation sites is 1. The van der Waals surface area contributed by atoms with E-state index in [1.165, 1.54) is 5.56 Å². The van der Waals surface area contributed by atoms with Crippen LogP contribution in [0.1, 0.15) is 31.4 Å². The molecule has 0 aromatic heterocycles. The maximum absolute atomic E-state index is 12.8. The first-order chi connectivity index (χ1) is 12.1. The van der Waals surface area contributed by atoms with Gasteiger partial charge < -0.3 is 14.5 Å². The highest BCUT2D eigenvalue weighted by atomic mass is 16.5. The molecule has 2 fully saturated rings. The summed E-state index contributed by atoms with van der Waals surface area (Å²) in [5.41, 5.74) is 1.22. The van der Waals surface area contributed by atoms with Gasteiger partial charge in [0.05, 0.1) is 13.0 Å². The Labute approximate surface area is 151 Å². The molecule has 2 aliphatic rings. The number of carbonyl (C=O) groups is 1. The smallest absolute Gasteiger partial charge is 0.227 e. The van der Waals surface area contributed by atoms with Crippen molar-refractivity contribution in [3.63, 3.8) is 0 Å². The van der Waals surface area contributed by atoms with Gasteiger partial charge in [0.15, 0.2) is 0 Å². The van der Waals surface area contributed by atoms with Crippen molar-refractivity contribution >= 4 is 5.91 Å². The quantitative estimate of drug-likeness (QED) is 0.839. The molecule has 1 amide bonds. The van der Waals surface area contributed by atoms with Crippen LogP contribution in [0, 0.1) is 5.92 Å². The number of hydrogen-bond donors (Lipinski definition) is 0. The number of nitrogens with zero attached hydrogens (tertiary/aromatic N) is 3. The van der Waals surface area contributed by atoms with Crippen molar-refractivity contribution in [3.8, 4) is 5.75 Å². The molecular formula is C20H31N3O2. The van der Waals surface area contributed by atoms with E-state index >= 15 is 0 Å². The minimum absolute atomic E-state index is 0.192. The molecule has 2 unspecified atom stereocenters. The summed E-state index contributed by atoms with van der Waals surface area (Å²) < 4.78 is 5.51. The van der Waals surface area contributed by atoms with E-state index < -0.39 is 0 Å². The zero-order chi connectivity index (χ0) is 17.8. The summed E-state index contributed by atoms with van der Waals surface area (Å²) in [6, 6.07) is 8.53. The van der Waals surface area contributed by atoms with Crippen molar-refractivity contribution in [2.75, 3.05) is 53.4 Å². The van der Waals surface area contributed by atoms with Gasteiger partial charge in [-0.25, -0.2) is 0 Å². The summed E-state index contributed by atoms with van der Waals surface area (Å²) in [7, 11) is 3.84. The van der Waals surface area contributed by atoms with E-state index in [-0.39, 0.29) is 5.92 Å². The SMILES string of the molecule is COc1ccccc1C(C)N1CCN(C(=O)C2CCCN(C)C2)CC1. The third kappa shape index (κ3) is 4.15. The molecule has 2 saturated heterocycles. The molecule has 1 aromatic carbocycles. The molecule has 2 atom stereocenters. The van der Waals surface area contributed by atoms with Crippen LogP contribution in [0.25, 0.3) is 0 Å². The highest BCUT2D eigenvalue weighted by molar-refractivity contribution is 5.79. The normalized spacial score (nSPS) is 24.1. The Balaban J connectivity index is 1.57. The predicted molar refractivity (Wildman–Crippen MR) is 99.8 cm³/mol. The summed E-state index contributed by atoms with van der Waals surface area (Å²) in [4.78, 5) is 19.6.